The van der Waals surface area contributed by atoms with Gasteiger partial charge in [0.1, 0.15) is 0 Å². The Labute approximate surface area is 273 Å². The number of fused-ring (bicyclic) bond motifs is 7. The van der Waals surface area contributed by atoms with Gasteiger partial charge in [0.15, 0.2) is 0 Å². The highest BCUT2D eigenvalue weighted by Gasteiger charge is 2.47. The van der Waals surface area contributed by atoms with Crippen molar-refractivity contribution in [1.82, 2.24) is 0 Å². The summed E-state index contributed by atoms with van der Waals surface area (Å²) in [5.74, 6) is 0. The molecule has 0 unspecified atom stereocenters. The molecule has 0 fully saturated rings. The summed E-state index contributed by atoms with van der Waals surface area (Å²) in [6.45, 7) is 0. The lowest BCUT2D eigenvalue weighted by Gasteiger charge is -2.28. The van der Waals surface area contributed by atoms with Crippen LogP contribution in [0, 0.1) is 0 Å². The van der Waals surface area contributed by atoms with Crippen molar-refractivity contribution < 1.29 is 0 Å². The monoisotopic (exact) mass is 594 g/mol. The summed E-state index contributed by atoms with van der Waals surface area (Å²) in [4.78, 5) is 0. The highest BCUT2D eigenvalue weighted by molar-refractivity contribution is 6.25. The zero-order valence-electron chi connectivity index (χ0n) is 25.9. The summed E-state index contributed by atoms with van der Waals surface area (Å²) in [7, 11) is 0. The first kappa shape index (κ1) is 25.5. The molecule has 0 saturated carbocycles. The molecule has 0 aliphatic heterocycles. The number of hydrogen-bond acceptors (Lipinski definition) is 0. The maximum atomic E-state index is 2.54. The van der Waals surface area contributed by atoms with Crippen molar-refractivity contribution in [3.05, 3.63) is 180 Å². The van der Waals surface area contributed by atoms with Gasteiger partial charge in [0.05, 0.1) is 0 Å². The Bertz CT molecular complexity index is 2700. The summed E-state index contributed by atoms with van der Waals surface area (Å²) in [6, 6.07) is 59.8. The molecular weight excluding hydrogens is 565 g/mol. The molecule has 0 aromatic heterocycles. The van der Waals surface area contributed by atoms with Crippen LogP contribution in [0.3, 0.4) is 0 Å². The van der Waals surface area contributed by atoms with Crippen LogP contribution in [0.2, 0.25) is 0 Å². The molecule has 0 amide bonds. The molecular formula is C47H30. The molecule has 0 N–H and O–H groups in total. The van der Waals surface area contributed by atoms with E-state index in [9.17, 15) is 0 Å². The van der Waals surface area contributed by atoms with Crippen LogP contribution >= 0.6 is 0 Å². The van der Waals surface area contributed by atoms with Crippen molar-refractivity contribution in [3.63, 3.8) is 0 Å². The first-order valence-corrected chi connectivity index (χ1v) is 16.8. The van der Waals surface area contributed by atoms with Crippen LogP contribution in [0.1, 0.15) is 22.3 Å². The SMILES string of the molecule is c1ccc2c(c1)CC1(C2)c2cc(-c3ccc4ccccc4c3)ccc2-c2ccc(-c3ccc4ccc5cccc6ccc3c4c56)cc21. The van der Waals surface area contributed by atoms with E-state index in [-0.39, 0.29) is 5.41 Å². The van der Waals surface area contributed by atoms with Crippen molar-refractivity contribution in [3.8, 4) is 33.4 Å². The van der Waals surface area contributed by atoms with Crippen molar-refractivity contribution in [1.29, 1.82) is 0 Å². The molecule has 2 aliphatic rings. The van der Waals surface area contributed by atoms with Crippen LogP contribution in [-0.2, 0) is 18.3 Å². The Morgan fingerprint density at radius 2 is 0.851 bits per heavy atom. The lowest BCUT2D eigenvalue weighted by atomic mass is 9.74. The Morgan fingerprint density at radius 1 is 0.340 bits per heavy atom. The lowest BCUT2D eigenvalue weighted by molar-refractivity contribution is 0.564. The summed E-state index contributed by atoms with van der Waals surface area (Å²) >= 11 is 0. The van der Waals surface area contributed by atoms with Gasteiger partial charge in [-0.3, -0.25) is 0 Å². The van der Waals surface area contributed by atoms with Gasteiger partial charge in [-0.05, 0) is 130 Å². The molecule has 11 rings (SSSR count). The molecule has 0 saturated heterocycles. The third kappa shape index (κ3) is 3.48. The fourth-order valence-corrected chi connectivity index (χ4v) is 9.19. The third-order valence-corrected chi connectivity index (χ3v) is 11.4. The molecule has 0 heteroatoms. The summed E-state index contributed by atoms with van der Waals surface area (Å²) in [5, 5.41) is 10.6. The molecule has 218 valence electrons. The van der Waals surface area contributed by atoms with E-state index < -0.39 is 0 Å². The van der Waals surface area contributed by atoms with Crippen molar-refractivity contribution >= 4 is 43.1 Å². The molecule has 1 spiro atoms. The molecule has 0 atom stereocenters. The second kappa shape index (κ2) is 9.18. The van der Waals surface area contributed by atoms with E-state index >= 15 is 0 Å². The van der Waals surface area contributed by atoms with Crippen LogP contribution in [0.25, 0.3) is 76.5 Å². The second-order valence-corrected chi connectivity index (χ2v) is 13.8. The van der Waals surface area contributed by atoms with Gasteiger partial charge in [-0.1, -0.05) is 140 Å². The van der Waals surface area contributed by atoms with E-state index in [2.05, 4.69) is 158 Å². The van der Waals surface area contributed by atoms with Crippen LogP contribution in [0.4, 0.5) is 0 Å². The standard InChI is InChI=1S/C47H30/c1-2-7-33-24-34(15-12-29(33)6-1)35-18-21-40-41-22-19-36(26-44(41)47(43(40)25-35)27-37-8-3-4-9-38(37)28-47)39-20-16-32-14-13-30-10-5-11-31-17-23-42(39)46(32)45(30)31/h1-26H,27-28H2. The average Bonchev–Trinajstić information content (AvgIpc) is 3.65. The van der Waals surface area contributed by atoms with E-state index in [0.29, 0.717) is 0 Å². The van der Waals surface area contributed by atoms with Gasteiger partial charge in [-0.2, -0.15) is 0 Å². The fourth-order valence-electron chi connectivity index (χ4n) is 9.19. The summed E-state index contributed by atoms with van der Waals surface area (Å²) < 4.78 is 0. The fraction of sp³-hybridized carbons (Fsp3) is 0.0638. The predicted molar refractivity (Wildman–Crippen MR) is 199 cm³/mol. The predicted octanol–water partition coefficient (Wildman–Crippen LogP) is 12.1. The van der Waals surface area contributed by atoms with Crippen molar-refractivity contribution in [2.75, 3.05) is 0 Å². The molecule has 0 radical (unpaired) electrons. The minimum Gasteiger partial charge on any atom is -0.0620 e. The zero-order chi connectivity index (χ0) is 30.7. The van der Waals surface area contributed by atoms with E-state index in [4.69, 9.17) is 0 Å². The van der Waals surface area contributed by atoms with Gasteiger partial charge in [0, 0.05) is 5.41 Å². The molecule has 2 aliphatic carbocycles. The average molecular weight is 595 g/mol. The highest BCUT2D eigenvalue weighted by Crippen LogP contribution is 2.57. The van der Waals surface area contributed by atoms with Crippen molar-refractivity contribution in [2.24, 2.45) is 0 Å². The smallest absolute Gasteiger partial charge is 0.0296 e. The minimum atomic E-state index is -0.0823. The molecule has 9 aromatic rings. The molecule has 0 heterocycles. The van der Waals surface area contributed by atoms with Gasteiger partial charge >= 0.3 is 0 Å². The van der Waals surface area contributed by atoms with Crippen LogP contribution in [0.5, 0.6) is 0 Å². The van der Waals surface area contributed by atoms with Crippen LogP contribution in [-0.4, -0.2) is 0 Å². The Morgan fingerprint density at radius 3 is 1.62 bits per heavy atom. The van der Waals surface area contributed by atoms with Gasteiger partial charge in [-0.15, -0.1) is 0 Å². The van der Waals surface area contributed by atoms with E-state index in [1.807, 2.05) is 0 Å². The molecule has 0 nitrogen and oxygen atoms in total. The lowest BCUT2D eigenvalue weighted by Crippen LogP contribution is -2.26. The summed E-state index contributed by atoms with van der Waals surface area (Å²) in [5.41, 5.74) is 13.8. The second-order valence-electron chi connectivity index (χ2n) is 13.8. The van der Waals surface area contributed by atoms with E-state index in [1.165, 1.54) is 98.7 Å². The van der Waals surface area contributed by atoms with Gasteiger partial charge in [-0.25, -0.2) is 0 Å². The zero-order valence-corrected chi connectivity index (χ0v) is 25.9. The summed E-state index contributed by atoms with van der Waals surface area (Å²) in [6.07, 6.45) is 2.07. The third-order valence-electron chi connectivity index (χ3n) is 11.4. The maximum Gasteiger partial charge on any atom is 0.0296 e. The Balaban J connectivity index is 1.12. The maximum absolute atomic E-state index is 2.54. The number of hydrogen-bond donors (Lipinski definition) is 0. The normalized spacial score (nSPS) is 14.4. The van der Waals surface area contributed by atoms with Crippen LogP contribution < -0.4 is 0 Å². The quantitative estimate of drug-likeness (QED) is 0.175. The molecule has 9 aromatic carbocycles. The molecule has 0 bridgehead atoms. The Hall–Kier alpha value is -5.72. The van der Waals surface area contributed by atoms with Gasteiger partial charge < -0.3 is 0 Å². The minimum absolute atomic E-state index is 0.0823. The van der Waals surface area contributed by atoms with Crippen molar-refractivity contribution in [2.45, 2.75) is 18.3 Å². The number of benzene rings is 9. The van der Waals surface area contributed by atoms with Gasteiger partial charge in [0.2, 0.25) is 0 Å². The highest BCUT2D eigenvalue weighted by atomic mass is 14.5. The largest absolute Gasteiger partial charge is 0.0620 e. The molecule has 47 heavy (non-hydrogen) atoms. The topological polar surface area (TPSA) is 0 Å². The van der Waals surface area contributed by atoms with Gasteiger partial charge in [0.25, 0.3) is 0 Å². The van der Waals surface area contributed by atoms with Crippen LogP contribution in [0.15, 0.2) is 158 Å². The van der Waals surface area contributed by atoms with E-state index in [1.54, 1.807) is 0 Å². The Kier molecular flexibility index (Phi) is 4.97. The first-order valence-electron chi connectivity index (χ1n) is 16.8. The first-order chi connectivity index (χ1) is 23.2. The number of rotatable bonds is 2. The van der Waals surface area contributed by atoms with E-state index in [0.717, 1.165) is 12.8 Å².